The summed E-state index contributed by atoms with van der Waals surface area (Å²) in [5, 5.41) is 4.71. The van der Waals surface area contributed by atoms with Crippen molar-refractivity contribution in [3.63, 3.8) is 0 Å². The molecule has 3 N–H and O–H groups in total. The van der Waals surface area contributed by atoms with Gasteiger partial charge >= 0.3 is 0 Å². The molecular weight excluding hydrogens is 222 g/mol. The number of aromatic nitrogens is 1. The molecule has 0 amide bonds. The normalized spacial score (nSPS) is 12.6. The summed E-state index contributed by atoms with van der Waals surface area (Å²) >= 11 is 0. The van der Waals surface area contributed by atoms with Gasteiger partial charge < -0.3 is 11.1 Å². The van der Waals surface area contributed by atoms with Gasteiger partial charge in [-0.05, 0) is 25.5 Å². The number of rotatable bonds is 5. The van der Waals surface area contributed by atoms with Crippen molar-refractivity contribution < 1.29 is 0 Å². The first-order chi connectivity index (χ1) is 8.74. The molecule has 0 aliphatic rings. The quantitative estimate of drug-likeness (QED) is 0.848. The van der Waals surface area contributed by atoms with E-state index in [0.29, 0.717) is 12.6 Å². The number of para-hydroxylation sites is 1. The average Bonchev–Trinajstić information content (AvgIpc) is 2.38. The van der Waals surface area contributed by atoms with Gasteiger partial charge in [0.15, 0.2) is 0 Å². The largest absolute Gasteiger partial charge is 0.380 e. The van der Waals surface area contributed by atoms with E-state index in [9.17, 15) is 0 Å². The van der Waals surface area contributed by atoms with E-state index in [1.165, 1.54) is 0 Å². The van der Waals surface area contributed by atoms with Crippen molar-refractivity contribution in [2.75, 3.05) is 11.9 Å². The van der Waals surface area contributed by atoms with Crippen LogP contribution < -0.4 is 11.1 Å². The van der Waals surface area contributed by atoms with E-state index in [-0.39, 0.29) is 0 Å². The number of nitrogens with two attached hydrogens (primary N) is 1. The van der Waals surface area contributed by atoms with Crippen LogP contribution in [-0.4, -0.2) is 17.6 Å². The Morgan fingerprint density at radius 2 is 2.11 bits per heavy atom. The highest BCUT2D eigenvalue weighted by atomic mass is 14.9. The zero-order chi connectivity index (χ0) is 13.0. The molecule has 96 valence electrons. The van der Waals surface area contributed by atoms with E-state index in [2.05, 4.69) is 29.4 Å². The predicted octanol–water partition coefficient (Wildman–Crippen LogP) is 3.08. The third-order valence-corrected chi connectivity index (χ3v) is 3.13. The van der Waals surface area contributed by atoms with Crippen LogP contribution in [0.2, 0.25) is 0 Å². The highest BCUT2D eigenvalue weighted by Crippen LogP contribution is 2.23. The molecule has 0 aliphatic heterocycles. The van der Waals surface area contributed by atoms with Crippen molar-refractivity contribution in [3.8, 4) is 0 Å². The molecule has 3 nitrogen and oxygen atoms in total. The second kappa shape index (κ2) is 5.83. The van der Waals surface area contributed by atoms with Crippen LogP contribution in [0.25, 0.3) is 10.9 Å². The van der Waals surface area contributed by atoms with Crippen LogP contribution in [-0.2, 0) is 0 Å². The van der Waals surface area contributed by atoms with Crippen molar-refractivity contribution in [2.45, 2.75) is 32.7 Å². The van der Waals surface area contributed by atoms with E-state index < -0.39 is 0 Å². The first-order valence-corrected chi connectivity index (χ1v) is 6.57. The van der Waals surface area contributed by atoms with Gasteiger partial charge in [0.2, 0.25) is 0 Å². The molecule has 0 aliphatic carbocycles. The number of nitrogens with zero attached hydrogens (tertiary/aromatic N) is 1. The highest BCUT2D eigenvalue weighted by molar-refractivity contribution is 5.91. The van der Waals surface area contributed by atoms with Crippen molar-refractivity contribution in [3.05, 3.63) is 36.0 Å². The SMILES string of the molecule is CCCC(CN)Nc1cc(C)nc2ccccc12. The summed E-state index contributed by atoms with van der Waals surface area (Å²) in [6, 6.07) is 10.6. The van der Waals surface area contributed by atoms with Crippen LogP contribution in [0, 0.1) is 6.92 Å². The standard InChI is InChI=1S/C15H21N3/c1-3-6-12(10-16)18-15-9-11(2)17-14-8-5-4-7-13(14)15/h4-5,7-9,12H,3,6,10,16H2,1-2H3,(H,17,18). The minimum Gasteiger partial charge on any atom is -0.380 e. The molecule has 0 fully saturated rings. The number of pyridine rings is 1. The van der Waals surface area contributed by atoms with Gasteiger partial charge in [-0.15, -0.1) is 0 Å². The van der Waals surface area contributed by atoms with E-state index in [1.807, 2.05) is 25.1 Å². The summed E-state index contributed by atoms with van der Waals surface area (Å²) in [6.07, 6.45) is 2.23. The van der Waals surface area contributed by atoms with Gasteiger partial charge in [-0.3, -0.25) is 4.98 Å². The van der Waals surface area contributed by atoms with Crippen molar-refractivity contribution in [1.82, 2.24) is 4.98 Å². The van der Waals surface area contributed by atoms with Crippen molar-refractivity contribution >= 4 is 16.6 Å². The molecule has 2 aromatic rings. The number of anilines is 1. The molecule has 1 heterocycles. The van der Waals surface area contributed by atoms with Gasteiger partial charge in [-0.2, -0.15) is 0 Å². The first-order valence-electron chi connectivity index (χ1n) is 6.57. The fourth-order valence-corrected chi connectivity index (χ4v) is 2.24. The summed E-state index contributed by atoms with van der Waals surface area (Å²) in [4.78, 5) is 4.54. The number of benzene rings is 1. The van der Waals surface area contributed by atoms with Crippen LogP contribution in [0.15, 0.2) is 30.3 Å². The van der Waals surface area contributed by atoms with Crippen LogP contribution in [0.5, 0.6) is 0 Å². The zero-order valence-corrected chi connectivity index (χ0v) is 11.1. The van der Waals surface area contributed by atoms with E-state index in [4.69, 9.17) is 5.73 Å². The first kappa shape index (κ1) is 12.8. The minimum atomic E-state index is 0.334. The number of nitrogens with one attached hydrogen (secondary N) is 1. The summed E-state index contributed by atoms with van der Waals surface area (Å²) in [5.41, 5.74) is 9.02. The smallest absolute Gasteiger partial charge is 0.0725 e. The molecule has 2 rings (SSSR count). The molecule has 1 aromatic heterocycles. The van der Waals surface area contributed by atoms with Gasteiger partial charge in [0.05, 0.1) is 5.52 Å². The number of hydrogen-bond donors (Lipinski definition) is 2. The predicted molar refractivity (Wildman–Crippen MR) is 77.9 cm³/mol. The third kappa shape index (κ3) is 2.79. The fourth-order valence-electron chi connectivity index (χ4n) is 2.24. The van der Waals surface area contributed by atoms with Gasteiger partial charge in [-0.1, -0.05) is 31.5 Å². The lowest BCUT2D eigenvalue weighted by atomic mass is 10.1. The van der Waals surface area contributed by atoms with Gasteiger partial charge in [-0.25, -0.2) is 0 Å². The second-order valence-corrected chi connectivity index (χ2v) is 4.69. The lowest BCUT2D eigenvalue weighted by molar-refractivity contribution is 0.649. The Bertz CT molecular complexity index is 522. The third-order valence-electron chi connectivity index (χ3n) is 3.13. The highest BCUT2D eigenvalue weighted by Gasteiger charge is 2.08. The molecule has 1 unspecified atom stereocenters. The van der Waals surface area contributed by atoms with Crippen LogP contribution in [0.4, 0.5) is 5.69 Å². The molecule has 0 saturated carbocycles. The Kier molecular flexibility index (Phi) is 4.15. The molecule has 18 heavy (non-hydrogen) atoms. The lowest BCUT2D eigenvalue weighted by Crippen LogP contribution is -2.28. The number of fused-ring (bicyclic) bond motifs is 1. The summed E-state index contributed by atoms with van der Waals surface area (Å²) in [5.74, 6) is 0. The Balaban J connectivity index is 2.37. The molecule has 0 bridgehead atoms. The van der Waals surface area contributed by atoms with E-state index >= 15 is 0 Å². The Hall–Kier alpha value is -1.61. The molecule has 0 radical (unpaired) electrons. The molecule has 1 atom stereocenters. The Labute approximate surface area is 108 Å². The number of aryl methyl sites for hydroxylation is 1. The monoisotopic (exact) mass is 243 g/mol. The fraction of sp³-hybridized carbons (Fsp3) is 0.400. The Morgan fingerprint density at radius 1 is 1.33 bits per heavy atom. The zero-order valence-electron chi connectivity index (χ0n) is 11.1. The van der Waals surface area contributed by atoms with Crippen LogP contribution in [0.1, 0.15) is 25.5 Å². The van der Waals surface area contributed by atoms with Gasteiger partial charge in [0.1, 0.15) is 0 Å². The van der Waals surface area contributed by atoms with Crippen LogP contribution in [0.3, 0.4) is 0 Å². The summed E-state index contributed by atoms with van der Waals surface area (Å²) in [7, 11) is 0. The van der Waals surface area contributed by atoms with Gasteiger partial charge in [0, 0.05) is 29.4 Å². The maximum atomic E-state index is 5.81. The maximum absolute atomic E-state index is 5.81. The van der Waals surface area contributed by atoms with Gasteiger partial charge in [0.25, 0.3) is 0 Å². The molecule has 0 spiro atoms. The van der Waals surface area contributed by atoms with Crippen molar-refractivity contribution in [1.29, 1.82) is 0 Å². The maximum Gasteiger partial charge on any atom is 0.0725 e. The lowest BCUT2D eigenvalue weighted by Gasteiger charge is -2.19. The molecule has 3 heteroatoms. The number of hydrogen-bond acceptors (Lipinski definition) is 3. The Morgan fingerprint density at radius 3 is 2.83 bits per heavy atom. The molecule has 0 saturated heterocycles. The molecule has 1 aromatic carbocycles. The molecular formula is C15H21N3. The topological polar surface area (TPSA) is 50.9 Å². The van der Waals surface area contributed by atoms with E-state index in [0.717, 1.165) is 35.1 Å². The van der Waals surface area contributed by atoms with Crippen molar-refractivity contribution in [2.24, 2.45) is 5.73 Å². The summed E-state index contributed by atoms with van der Waals surface area (Å²) < 4.78 is 0. The summed E-state index contributed by atoms with van der Waals surface area (Å²) in [6.45, 7) is 4.86. The van der Waals surface area contributed by atoms with E-state index in [1.54, 1.807) is 0 Å². The second-order valence-electron chi connectivity index (χ2n) is 4.69. The minimum absolute atomic E-state index is 0.334. The average molecular weight is 243 g/mol. The van der Waals surface area contributed by atoms with Crippen LogP contribution >= 0.6 is 0 Å².